The summed E-state index contributed by atoms with van der Waals surface area (Å²) in [4.78, 5) is 26.5. The number of para-hydroxylation sites is 1. The van der Waals surface area contributed by atoms with Crippen LogP contribution in [-0.4, -0.2) is 43.3 Å². The largest absolute Gasteiger partial charge is 0.379 e. The number of nitrogen functional groups attached to an aromatic ring is 1. The van der Waals surface area contributed by atoms with Crippen LogP contribution in [0.15, 0.2) is 46.1 Å². The summed E-state index contributed by atoms with van der Waals surface area (Å²) in [6.07, 6.45) is 1.53. The van der Waals surface area contributed by atoms with E-state index in [0.29, 0.717) is 5.69 Å². The van der Waals surface area contributed by atoms with Crippen LogP contribution < -0.4 is 22.2 Å². The van der Waals surface area contributed by atoms with E-state index >= 15 is 0 Å². The van der Waals surface area contributed by atoms with Crippen LogP contribution in [0, 0.1) is 6.92 Å². The van der Waals surface area contributed by atoms with Crippen molar-refractivity contribution in [1.29, 1.82) is 0 Å². The fourth-order valence-corrected chi connectivity index (χ4v) is 3.66. The summed E-state index contributed by atoms with van der Waals surface area (Å²) in [7, 11) is 0. The Bertz CT molecular complexity index is 1340. The van der Waals surface area contributed by atoms with Crippen molar-refractivity contribution in [2.24, 2.45) is 10.8 Å². The van der Waals surface area contributed by atoms with Crippen molar-refractivity contribution >= 4 is 40.9 Å². The second kappa shape index (κ2) is 9.27. The number of anilines is 2. The first-order valence-electron chi connectivity index (χ1n) is 9.49. The van der Waals surface area contributed by atoms with Gasteiger partial charge in [-0.1, -0.05) is 17.3 Å². The van der Waals surface area contributed by atoms with E-state index in [1.165, 1.54) is 22.2 Å². The second-order valence-corrected chi connectivity index (χ2v) is 8.00. The number of hydrazone groups is 1. The van der Waals surface area contributed by atoms with Gasteiger partial charge >= 0.3 is 0 Å². The Hall–Kier alpha value is -4.59. The molecule has 33 heavy (non-hydrogen) atoms. The second-order valence-electron chi connectivity index (χ2n) is 6.68. The van der Waals surface area contributed by atoms with Gasteiger partial charge in [0.05, 0.1) is 24.0 Å². The van der Waals surface area contributed by atoms with Crippen molar-refractivity contribution in [2.45, 2.75) is 13.5 Å². The van der Waals surface area contributed by atoms with Crippen molar-refractivity contribution in [3.05, 3.63) is 63.1 Å². The minimum absolute atomic E-state index is 0.0141. The number of hydrogen-bond donors (Lipinski definition) is 4. The average molecular weight is 466 g/mol. The highest BCUT2D eigenvalue weighted by atomic mass is 32.1. The maximum atomic E-state index is 12.8. The molecule has 4 aromatic rings. The molecule has 0 aliphatic heterocycles. The Morgan fingerprint density at radius 3 is 2.76 bits per heavy atom. The maximum Gasteiger partial charge on any atom is 0.293 e. The van der Waals surface area contributed by atoms with E-state index in [2.05, 4.69) is 41.1 Å². The van der Waals surface area contributed by atoms with Crippen LogP contribution in [0.25, 0.3) is 5.82 Å². The van der Waals surface area contributed by atoms with Gasteiger partial charge in [-0.05, 0) is 41.5 Å². The quantitative estimate of drug-likeness (QED) is 0.217. The molecular weight excluding hydrogens is 448 g/mol. The van der Waals surface area contributed by atoms with Crippen molar-refractivity contribution in [2.75, 3.05) is 11.1 Å². The third-order valence-electron chi connectivity index (χ3n) is 4.43. The molecule has 0 aliphatic carbocycles. The molecule has 4 rings (SSSR count). The summed E-state index contributed by atoms with van der Waals surface area (Å²) >= 11 is 1.53. The third-order valence-corrected chi connectivity index (χ3v) is 5.37. The van der Waals surface area contributed by atoms with E-state index in [9.17, 15) is 9.59 Å². The van der Waals surface area contributed by atoms with Crippen LogP contribution >= 0.6 is 11.3 Å². The lowest BCUT2D eigenvalue weighted by Crippen LogP contribution is -2.22. The highest BCUT2D eigenvalue weighted by molar-refractivity contribution is 7.13. The number of primary amides is 1. The summed E-state index contributed by atoms with van der Waals surface area (Å²) in [5.41, 5.74) is 14.6. The summed E-state index contributed by atoms with van der Waals surface area (Å²) in [5.74, 6) is -1.21. The van der Waals surface area contributed by atoms with Crippen molar-refractivity contribution in [3.63, 3.8) is 0 Å². The average Bonchev–Trinajstić information content (AvgIpc) is 3.52. The number of amides is 2. The minimum Gasteiger partial charge on any atom is -0.379 e. The number of nitrogens with one attached hydrogen (secondary N) is 2. The molecule has 6 N–H and O–H groups in total. The molecule has 13 nitrogen and oxygen atoms in total. The lowest BCUT2D eigenvalue weighted by atomic mass is 10.1. The first-order valence-corrected chi connectivity index (χ1v) is 10.3. The van der Waals surface area contributed by atoms with Gasteiger partial charge in [-0.15, -0.1) is 16.4 Å². The van der Waals surface area contributed by atoms with Gasteiger partial charge in [0.25, 0.3) is 11.8 Å². The lowest BCUT2D eigenvalue weighted by molar-refractivity contribution is 0.0947. The number of thiophene rings is 1. The molecule has 0 saturated carbocycles. The lowest BCUT2D eigenvalue weighted by Gasteiger charge is -2.11. The fourth-order valence-electron chi connectivity index (χ4n) is 2.91. The van der Waals surface area contributed by atoms with E-state index in [-0.39, 0.29) is 35.1 Å². The van der Waals surface area contributed by atoms with Crippen LogP contribution in [0.5, 0.6) is 0 Å². The number of benzene rings is 1. The standard InChI is InChI=1S/C19H18N10O3S/c1-10-6-7-11(33-10)8-23-25-19(31)15-14(29(28-24-15)18-16(20)26-32-27-18)9-22-13-5-3-2-4-12(13)17(21)30/h2-8,22H,9H2,1H3,(H2,20,26)(H2,21,30)(H,25,31)/b23-8-. The number of nitrogens with two attached hydrogens (primary N) is 2. The highest BCUT2D eigenvalue weighted by Gasteiger charge is 2.24. The van der Waals surface area contributed by atoms with Gasteiger partial charge in [0, 0.05) is 15.4 Å². The van der Waals surface area contributed by atoms with E-state index in [4.69, 9.17) is 11.5 Å². The zero-order chi connectivity index (χ0) is 23.4. The molecule has 0 unspecified atom stereocenters. The molecule has 0 fully saturated rings. The van der Waals surface area contributed by atoms with E-state index in [1.807, 2.05) is 19.1 Å². The molecule has 0 atom stereocenters. The van der Waals surface area contributed by atoms with E-state index in [0.717, 1.165) is 9.75 Å². The van der Waals surface area contributed by atoms with Crippen LogP contribution in [0.1, 0.15) is 36.3 Å². The SMILES string of the molecule is Cc1ccc(/C=N\NC(=O)c2nnn(-c3nonc3N)c2CNc2ccccc2C(N)=O)s1. The van der Waals surface area contributed by atoms with E-state index < -0.39 is 11.8 Å². The number of aromatic nitrogens is 5. The monoisotopic (exact) mass is 466 g/mol. The predicted octanol–water partition coefficient (Wildman–Crippen LogP) is 1.08. The first-order chi connectivity index (χ1) is 15.9. The molecule has 1 aromatic carbocycles. The number of hydrogen-bond acceptors (Lipinski definition) is 11. The maximum absolute atomic E-state index is 12.8. The van der Waals surface area contributed by atoms with Crippen molar-refractivity contribution in [3.8, 4) is 5.82 Å². The topological polar surface area (TPSA) is 192 Å². The Labute approximate surface area is 190 Å². The normalized spacial score (nSPS) is 11.1. The predicted molar refractivity (Wildman–Crippen MR) is 120 cm³/mol. The smallest absolute Gasteiger partial charge is 0.293 e. The van der Waals surface area contributed by atoms with Gasteiger partial charge in [0.2, 0.25) is 11.6 Å². The molecule has 3 heterocycles. The van der Waals surface area contributed by atoms with Crippen molar-refractivity contribution in [1.82, 2.24) is 30.7 Å². The minimum atomic E-state index is -0.610. The molecule has 0 saturated heterocycles. The van der Waals surface area contributed by atoms with Crippen LogP contribution in [0.2, 0.25) is 0 Å². The number of carbonyl (C=O) groups excluding carboxylic acids is 2. The number of rotatable bonds is 8. The van der Waals surface area contributed by atoms with Crippen LogP contribution in [0.4, 0.5) is 11.5 Å². The van der Waals surface area contributed by atoms with Crippen molar-refractivity contribution < 1.29 is 14.2 Å². The van der Waals surface area contributed by atoms with Gasteiger partial charge in [-0.2, -0.15) is 9.78 Å². The Morgan fingerprint density at radius 1 is 1.24 bits per heavy atom. The Kier molecular flexibility index (Phi) is 6.08. The molecule has 2 amide bonds. The summed E-state index contributed by atoms with van der Waals surface area (Å²) in [5, 5.41) is 22.2. The Morgan fingerprint density at radius 2 is 2.06 bits per heavy atom. The van der Waals surface area contributed by atoms with Gasteiger partial charge in [0.1, 0.15) is 0 Å². The Balaban J connectivity index is 1.61. The highest BCUT2D eigenvalue weighted by Crippen LogP contribution is 2.20. The molecule has 0 spiro atoms. The summed E-state index contributed by atoms with van der Waals surface area (Å²) in [6, 6.07) is 10.5. The third kappa shape index (κ3) is 4.69. The number of nitrogens with zero attached hydrogens (tertiary/aromatic N) is 6. The fraction of sp³-hybridized carbons (Fsp3) is 0.105. The first kappa shape index (κ1) is 21.6. The molecule has 0 aliphatic rings. The zero-order valence-corrected chi connectivity index (χ0v) is 18.0. The van der Waals surface area contributed by atoms with Gasteiger partial charge in [0.15, 0.2) is 5.69 Å². The molecule has 0 bridgehead atoms. The summed E-state index contributed by atoms with van der Waals surface area (Å²) < 4.78 is 5.85. The van der Waals surface area contributed by atoms with Gasteiger partial charge in [-0.25, -0.2) is 10.1 Å². The van der Waals surface area contributed by atoms with Gasteiger partial charge < -0.3 is 16.8 Å². The molecular formula is C19H18N10O3S. The van der Waals surface area contributed by atoms with Crippen LogP contribution in [-0.2, 0) is 6.54 Å². The summed E-state index contributed by atoms with van der Waals surface area (Å²) in [6.45, 7) is 1.99. The zero-order valence-electron chi connectivity index (χ0n) is 17.2. The molecule has 14 heteroatoms. The molecule has 0 radical (unpaired) electrons. The van der Waals surface area contributed by atoms with Crippen LogP contribution in [0.3, 0.4) is 0 Å². The number of aryl methyl sites for hydroxylation is 1. The molecule has 3 aromatic heterocycles. The number of carbonyl (C=O) groups is 2. The van der Waals surface area contributed by atoms with E-state index in [1.54, 1.807) is 24.3 Å². The van der Waals surface area contributed by atoms with Gasteiger partial charge in [-0.3, -0.25) is 9.59 Å². The molecule has 168 valence electrons.